The van der Waals surface area contributed by atoms with Gasteiger partial charge in [0.05, 0.1) is 19.8 Å². The fraction of sp³-hybridized carbons (Fsp3) is 0.667. The lowest BCUT2D eigenvalue weighted by molar-refractivity contribution is 0.209. The molecule has 100 valence electrons. The molecule has 2 heterocycles. The van der Waals surface area contributed by atoms with Crippen molar-refractivity contribution < 1.29 is 9.47 Å². The molecule has 1 atom stereocenters. The molecule has 1 aromatic rings. The SMILES string of the molecule is COc1cc(OC[C@@H]2CCCNC2)nc(SC)n1. The molecular formula is C12H19N3O2S. The summed E-state index contributed by atoms with van der Waals surface area (Å²) in [5.74, 6) is 1.71. The molecule has 0 aliphatic carbocycles. The second-order valence-corrected chi connectivity index (χ2v) is 5.03. The highest BCUT2D eigenvalue weighted by Crippen LogP contribution is 2.21. The van der Waals surface area contributed by atoms with Gasteiger partial charge in [0.1, 0.15) is 0 Å². The van der Waals surface area contributed by atoms with E-state index in [4.69, 9.17) is 9.47 Å². The second-order valence-electron chi connectivity index (χ2n) is 4.26. The normalized spacial score (nSPS) is 19.6. The van der Waals surface area contributed by atoms with E-state index in [1.807, 2.05) is 6.26 Å². The Kier molecular flexibility index (Phi) is 5.07. The first kappa shape index (κ1) is 13.4. The van der Waals surface area contributed by atoms with E-state index in [1.165, 1.54) is 24.6 Å². The molecule has 0 aromatic carbocycles. The summed E-state index contributed by atoms with van der Waals surface area (Å²) in [6, 6.07) is 1.73. The summed E-state index contributed by atoms with van der Waals surface area (Å²) in [7, 11) is 1.60. The van der Waals surface area contributed by atoms with Gasteiger partial charge in [0.25, 0.3) is 0 Å². The van der Waals surface area contributed by atoms with Gasteiger partial charge in [-0.05, 0) is 25.6 Å². The van der Waals surface area contributed by atoms with Gasteiger partial charge in [0.2, 0.25) is 11.8 Å². The van der Waals surface area contributed by atoms with E-state index in [9.17, 15) is 0 Å². The topological polar surface area (TPSA) is 56.3 Å². The zero-order valence-electron chi connectivity index (χ0n) is 10.8. The lowest BCUT2D eigenvalue weighted by Crippen LogP contribution is -2.33. The van der Waals surface area contributed by atoms with Crippen LogP contribution < -0.4 is 14.8 Å². The Morgan fingerprint density at radius 2 is 2.28 bits per heavy atom. The van der Waals surface area contributed by atoms with E-state index in [1.54, 1.807) is 13.2 Å². The number of thioether (sulfide) groups is 1. The monoisotopic (exact) mass is 269 g/mol. The number of aromatic nitrogens is 2. The van der Waals surface area contributed by atoms with Gasteiger partial charge in [-0.25, -0.2) is 0 Å². The lowest BCUT2D eigenvalue weighted by atomic mass is 10.0. The summed E-state index contributed by atoms with van der Waals surface area (Å²) in [6.07, 6.45) is 4.37. The number of rotatable bonds is 5. The van der Waals surface area contributed by atoms with Gasteiger partial charge in [-0.15, -0.1) is 0 Å². The Hall–Kier alpha value is -1.01. The standard InChI is InChI=1S/C12H19N3O2S/c1-16-10-6-11(15-12(14-10)18-2)17-8-9-4-3-5-13-7-9/h6,9,13H,3-5,7-8H2,1-2H3/t9-/m1/s1. The average Bonchev–Trinajstić information content (AvgIpc) is 2.45. The van der Waals surface area contributed by atoms with Gasteiger partial charge in [0, 0.05) is 12.5 Å². The predicted molar refractivity (Wildman–Crippen MR) is 71.5 cm³/mol. The molecule has 5 nitrogen and oxygen atoms in total. The maximum Gasteiger partial charge on any atom is 0.221 e. The number of hydrogen-bond acceptors (Lipinski definition) is 6. The molecule has 1 fully saturated rings. The number of ether oxygens (including phenoxy) is 2. The molecule has 0 bridgehead atoms. The van der Waals surface area contributed by atoms with Crippen LogP contribution in [0.5, 0.6) is 11.8 Å². The Morgan fingerprint density at radius 3 is 2.94 bits per heavy atom. The third-order valence-electron chi connectivity index (χ3n) is 2.92. The molecule has 1 N–H and O–H groups in total. The summed E-state index contributed by atoms with van der Waals surface area (Å²) < 4.78 is 10.9. The highest BCUT2D eigenvalue weighted by Gasteiger charge is 2.14. The Bertz CT molecular complexity index is 361. The van der Waals surface area contributed by atoms with E-state index >= 15 is 0 Å². The number of piperidine rings is 1. The first-order valence-corrected chi connectivity index (χ1v) is 7.35. The quantitative estimate of drug-likeness (QED) is 0.647. The molecule has 0 spiro atoms. The molecule has 0 unspecified atom stereocenters. The molecule has 1 aliphatic rings. The minimum Gasteiger partial charge on any atom is -0.481 e. The lowest BCUT2D eigenvalue weighted by Gasteiger charge is -2.22. The van der Waals surface area contributed by atoms with Crippen LogP contribution >= 0.6 is 11.8 Å². The van der Waals surface area contributed by atoms with E-state index in [-0.39, 0.29) is 0 Å². The van der Waals surface area contributed by atoms with Gasteiger partial charge in [-0.2, -0.15) is 9.97 Å². The first-order valence-electron chi connectivity index (χ1n) is 6.12. The van der Waals surface area contributed by atoms with Crippen molar-refractivity contribution >= 4 is 11.8 Å². The summed E-state index contributed by atoms with van der Waals surface area (Å²) in [6.45, 7) is 2.84. The summed E-state index contributed by atoms with van der Waals surface area (Å²) in [4.78, 5) is 8.52. The zero-order valence-corrected chi connectivity index (χ0v) is 11.6. The van der Waals surface area contributed by atoms with Crippen molar-refractivity contribution in [2.24, 2.45) is 5.92 Å². The van der Waals surface area contributed by atoms with Crippen LogP contribution in [0.3, 0.4) is 0 Å². The minimum absolute atomic E-state index is 0.547. The number of methoxy groups -OCH3 is 1. The third-order valence-corrected chi connectivity index (χ3v) is 3.46. The van der Waals surface area contributed by atoms with Crippen molar-refractivity contribution in [2.75, 3.05) is 33.1 Å². The summed E-state index contributed by atoms with van der Waals surface area (Å²) >= 11 is 1.48. The fourth-order valence-corrected chi connectivity index (χ4v) is 2.29. The van der Waals surface area contributed by atoms with Crippen LogP contribution in [0.25, 0.3) is 0 Å². The predicted octanol–water partition coefficient (Wildman–Crippen LogP) is 1.59. The van der Waals surface area contributed by atoms with Crippen molar-refractivity contribution in [3.05, 3.63) is 6.07 Å². The van der Waals surface area contributed by atoms with E-state index < -0.39 is 0 Å². The maximum absolute atomic E-state index is 5.75. The molecule has 2 rings (SSSR count). The van der Waals surface area contributed by atoms with Crippen LogP contribution in [0.2, 0.25) is 0 Å². The van der Waals surface area contributed by atoms with Crippen LogP contribution in [0.1, 0.15) is 12.8 Å². The fourth-order valence-electron chi connectivity index (χ4n) is 1.92. The van der Waals surface area contributed by atoms with Gasteiger partial charge < -0.3 is 14.8 Å². The average molecular weight is 269 g/mol. The molecule has 1 aromatic heterocycles. The first-order chi connectivity index (χ1) is 8.81. The van der Waals surface area contributed by atoms with Crippen LogP contribution in [0.4, 0.5) is 0 Å². The highest BCUT2D eigenvalue weighted by molar-refractivity contribution is 7.98. The number of nitrogens with one attached hydrogen (secondary N) is 1. The summed E-state index contributed by atoms with van der Waals surface area (Å²) in [5, 5.41) is 4.05. The van der Waals surface area contributed by atoms with E-state index in [0.29, 0.717) is 29.4 Å². The smallest absolute Gasteiger partial charge is 0.221 e. The van der Waals surface area contributed by atoms with Crippen molar-refractivity contribution in [1.29, 1.82) is 0 Å². The van der Waals surface area contributed by atoms with Gasteiger partial charge in [-0.1, -0.05) is 11.8 Å². The van der Waals surface area contributed by atoms with Crippen molar-refractivity contribution in [1.82, 2.24) is 15.3 Å². The molecule has 6 heteroatoms. The van der Waals surface area contributed by atoms with Crippen LogP contribution in [-0.4, -0.2) is 43.0 Å². The molecular weight excluding hydrogens is 250 g/mol. The number of nitrogens with zero attached hydrogens (tertiary/aromatic N) is 2. The largest absolute Gasteiger partial charge is 0.481 e. The molecule has 0 saturated carbocycles. The molecule has 0 amide bonds. The van der Waals surface area contributed by atoms with Crippen molar-refractivity contribution in [2.45, 2.75) is 18.0 Å². The maximum atomic E-state index is 5.75. The van der Waals surface area contributed by atoms with E-state index in [2.05, 4.69) is 15.3 Å². The third kappa shape index (κ3) is 3.74. The van der Waals surface area contributed by atoms with Crippen molar-refractivity contribution in [3.8, 4) is 11.8 Å². The summed E-state index contributed by atoms with van der Waals surface area (Å²) in [5.41, 5.74) is 0. The Balaban J connectivity index is 1.94. The highest BCUT2D eigenvalue weighted by atomic mass is 32.2. The number of hydrogen-bond donors (Lipinski definition) is 1. The van der Waals surface area contributed by atoms with Crippen LogP contribution in [0.15, 0.2) is 11.2 Å². The molecule has 18 heavy (non-hydrogen) atoms. The van der Waals surface area contributed by atoms with Crippen LogP contribution in [-0.2, 0) is 0 Å². The Morgan fingerprint density at radius 1 is 1.44 bits per heavy atom. The molecule has 0 radical (unpaired) electrons. The van der Waals surface area contributed by atoms with Crippen LogP contribution in [0, 0.1) is 5.92 Å². The Labute approximate surface area is 112 Å². The van der Waals surface area contributed by atoms with E-state index in [0.717, 1.165) is 13.1 Å². The second kappa shape index (κ2) is 6.80. The van der Waals surface area contributed by atoms with Crippen molar-refractivity contribution in [3.63, 3.8) is 0 Å². The van der Waals surface area contributed by atoms with Gasteiger partial charge >= 0.3 is 0 Å². The molecule has 1 aliphatic heterocycles. The minimum atomic E-state index is 0.547. The van der Waals surface area contributed by atoms with Gasteiger partial charge in [0.15, 0.2) is 5.16 Å². The zero-order chi connectivity index (χ0) is 12.8. The molecule has 1 saturated heterocycles. The van der Waals surface area contributed by atoms with Gasteiger partial charge in [-0.3, -0.25) is 0 Å².